The lowest BCUT2D eigenvalue weighted by Crippen LogP contribution is -2.46. The number of hydrogen-bond donors (Lipinski definition) is 1. The van der Waals surface area contributed by atoms with Gasteiger partial charge in [-0.2, -0.15) is 0 Å². The van der Waals surface area contributed by atoms with Crippen molar-refractivity contribution in [2.75, 3.05) is 57.4 Å². The van der Waals surface area contributed by atoms with Gasteiger partial charge in [0, 0.05) is 44.5 Å². The summed E-state index contributed by atoms with van der Waals surface area (Å²) in [4.78, 5) is 17.1. The second-order valence-electron chi connectivity index (χ2n) is 8.53. The van der Waals surface area contributed by atoms with Gasteiger partial charge < -0.3 is 19.7 Å². The van der Waals surface area contributed by atoms with Gasteiger partial charge in [0.2, 0.25) is 5.91 Å². The lowest BCUT2D eigenvalue weighted by Gasteiger charge is -2.36. The van der Waals surface area contributed by atoms with E-state index in [2.05, 4.69) is 46.3 Å². The van der Waals surface area contributed by atoms with Crippen LogP contribution in [0.25, 0.3) is 6.08 Å². The summed E-state index contributed by atoms with van der Waals surface area (Å²) in [6, 6.07) is 12.3. The molecule has 2 aromatic carbocycles. The van der Waals surface area contributed by atoms with Crippen LogP contribution in [0.5, 0.6) is 11.5 Å². The van der Waals surface area contributed by atoms with Crippen molar-refractivity contribution in [3.8, 4) is 11.5 Å². The molecule has 2 aromatic rings. The molecule has 0 atom stereocenters. The van der Waals surface area contributed by atoms with Crippen LogP contribution in [0.3, 0.4) is 0 Å². The monoisotopic (exact) mass is 469 g/mol. The molecule has 176 valence electrons. The maximum atomic E-state index is 12.1. The molecule has 4 rings (SSSR count). The molecule has 1 N–H and O–H groups in total. The van der Waals surface area contributed by atoms with Crippen LogP contribution in [0, 0.1) is 6.92 Å². The number of ether oxygens (including phenoxy) is 2. The SMILES string of the molecule is Cc1cccc(N2CCN(CCCCNC(=O)/C=C/c3cc(Cl)c4c(c3)OCCO4)CC2)c1. The first-order valence-corrected chi connectivity index (χ1v) is 12.1. The molecule has 1 amide bonds. The van der Waals surface area contributed by atoms with Crippen molar-refractivity contribution >= 4 is 29.3 Å². The van der Waals surface area contributed by atoms with E-state index in [9.17, 15) is 4.79 Å². The van der Waals surface area contributed by atoms with Gasteiger partial charge in [-0.25, -0.2) is 0 Å². The largest absolute Gasteiger partial charge is 0.486 e. The Morgan fingerprint density at radius 2 is 1.91 bits per heavy atom. The molecular weight excluding hydrogens is 438 g/mol. The minimum absolute atomic E-state index is 0.104. The maximum Gasteiger partial charge on any atom is 0.243 e. The number of amides is 1. The van der Waals surface area contributed by atoms with Crippen LogP contribution in [0.2, 0.25) is 5.02 Å². The lowest BCUT2D eigenvalue weighted by molar-refractivity contribution is -0.116. The van der Waals surface area contributed by atoms with Crippen LogP contribution in [-0.4, -0.2) is 63.3 Å². The molecule has 0 unspecified atom stereocenters. The summed E-state index contributed by atoms with van der Waals surface area (Å²) >= 11 is 6.24. The molecular formula is C26H32ClN3O3. The van der Waals surface area contributed by atoms with E-state index in [-0.39, 0.29) is 5.91 Å². The van der Waals surface area contributed by atoms with E-state index in [0.717, 1.165) is 51.1 Å². The van der Waals surface area contributed by atoms with Gasteiger partial charge in [-0.1, -0.05) is 23.7 Å². The highest BCUT2D eigenvalue weighted by Crippen LogP contribution is 2.38. The van der Waals surface area contributed by atoms with E-state index in [0.29, 0.717) is 36.3 Å². The average molecular weight is 470 g/mol. The van der Waals surface area contributed by atoms with Crippen molar-refractivity contribution < 1.29 is 14.3 Å². The van der Waals surface area contributed by atoms with E-state index < -0.39 is 0 Å². The fourth-order valence-electron chi connectivity index (χ4n) is 4.18. The lowest BCUT2D eigenvalue weighted by atomic mass is 10.1. The van der Waals surface area contributed by atoms with E-state index >= 15 is 0 Å². The number of halogens is 1. The van der Waals surface area contributed by atoms with Gasteiger partial charge >= 0.3 is 0 Å². The fraction of sp³-hybridized carbons (Fsp3) is 0.423. The first-order chi connectivity index (χ1) is 16.1. The topological polar surface area (TPSA) is 54.0 Å². The number of hydrogen-bond acceptors (Lipinski definition) is 5. The minimum Gasteiger partial charge on any atom is -0.486 e. The number of unbranched alkanes of at least 4 members (excludes halogenated alkanes) is 1. The highest BCUT2D eigenvalue weighted by atomic mass is 35.5. The van der Waals surface area contributed by atoms with Crippen molar-refractivity contribution in [1.82, 2.24) is 10.2 Å². The van der Waals surface area contributed by atoms with Crippen molar-refractivity contribution in [2.45, 2.75) is 19.8 Å². The van der Waals surface area contributed by atoms with Gasteiger partial charge in [-0.15, -0.1) is 0 Å². The number of nitrogens with one attached hydrogen (secondary N) is 1. The second-order valence-corrected chi connectivity index (χ2v) is 8.93. The second kappa shape index (κ2) is 11.4. The molecule has 0 aromatic heterocycles. The zero-order chi connectivity index (χ0) is 23.0. The molecule has 7 heteroatoms. The standard InChI is InChI=1S/C26H32ClN3O3/c1-20-5-4-6-22(17-20)30-13-11-29(12-14-30)10-3-2-9-28-25(31)8-7-21-18-23(27)26-24(19-21)32-15-16-33-26/h4-8,17-19H,2-3,9-16H2,1H3,(H,28,31)/b8-7+. The summed E-state index contributed by atoms with van der Waals surface area (Å²) in [5.74, 6) is 1.09. The quantitative estimate of drug-likeness (QED) is 0.465. The number of piperazine rings is 1. The number of benzene rings is 2. The van der Waals surface area contributed by atoms with Crippen molar-refractivity contribution in [1.29, 1.82) is 0 Å². The van der Waals surface area contributed by atoms with E-state index in [1.54, 1.807) is 12.1 Å². The number of rotatable bonds is 8. The third kappa shape index (κ3) is 6.65. The van der Waals surface area contributed by atoms with E-state index in [1.807, 2.05) is 6.07 Å². The number of carbonyl (C=O) groups is 1. The van der Waals surface area contributed by atoms with E-state index in [4.69, 9.17) is 21.1 Å². The highest BCUT2D eigenvalue weighted by Gasteiger charge is 2.17. The third-order valence-corrected chi connectivity index (χ3v) is 6.27. The molecule has 0 saturated carbocycles. The Bertz CT molecular complexity index is 987. The molecule has 0 radical (unpaired) electrons. The van der Waals surface area contributed by atoms with Gasteiger partial charge in [-0.3, -0.25) is 9.69 Å². The Labute approximate surface area is 201 Å². The number of anilines is 1. The number of nitrogens with zero attached hydrogens (tertiary/aromatic N) is 2. The van der Waals surface area contributed by atoms with Crippen LogP contribution in [-0.2, 0) is 4.79 Å². The summed E-state index contributed by atoms with van der Waals surface area (Å²) in [5, 5.41) is 3.45. The molecule has 33 heavy (non-hydrogen) atoms. The highest BCUT2D eigenvalue weighted by molar-refractivity contribution is 6.32. The Morgan fingerprint density at radius 1 is 1.09 bits per heavy atom. The summed E-state index contributed by atoms with van der Waals surface area (Å²) < 4.78 is 11.1. The first kappa shape index (κ1) is 23.5. The van der Waals surface area contributed by atoms with E-state index in [1.165, 1.54) is 17.3 Å². The zero-order valence-corrected chi connectivity index (χ0v) is 19.9. The van der Waals surface area contributed by atoms with Crippen molar-refractivity contribution in [3.63, 3.8) is 0 Å². The Morgan fingerprint density at radius 3 is 2.73 bits per heavy atom. The van der Waals surface area contributed by atoms with Crippen LogP contribution >= 0.6 is 11.6 Å². The molecule has 0 aliphatic carbocycles. The number of fused-ring (bicyclic) bond motifs is 1. The fourth-order valence-corrected chi connectivity index (χ4v) is 4.46. The normalized spacial score (nSPS) is 16.2. The van der Waals surface area contributed by atoms with Gasteiger partial charge in [-0.05, 0) is 67.8 Å². The molecule has 0 spiro atoms. The predicted octanol–water partition coefficient (Wildman–Crippen LogP) is 4.15. The van der Waals surface area contributed by atoms with Gasteiger partial charge in [0.25, 0.3) is 0 Å². The smallest absolute Gasteiger partial charge is 0.243 e. The molecule has 6 nitrogen and oxygen atoms in total. The van der Waals surface area contributed by atoms with Crippen LogP contribution < -0.4 is 19.7 Å². The molecule has 0 bridgehead atoms. The average Bonchev–Trinajstić information content (AvgIpc) is 2.83. The van der Waals surface area contributed by atoms with Crippen LogP contribution in [0.4, 0.5) is 5.69 Å². The Kier molecular flexibility index (Phi) is 8.13. The maximum absolute atomic E-state index is 12.1. The first-order valence-electron chi connectivity index (χ1n) is 11.7. The predicted molar refractivity (Wildman–Crippen MR) is 134 cm³/mol. The summed E-state index contributed by atoms with van der Waals surface area (Å²) in [6.45, 7) is 9.18. The molecule has 2 aliphatic rings. The van der Waals surface area contributed by atoms with Crippen molar-refractivity contribution in [2.24, 2.45) is 0 Å². The van der Waals surface area contributed by atoms with Crippen LogP contribution in [0.1, 0.15) is 24.0 Å². The van der Waals surface area contributed by atoms with Gasteiger partial charge in [0.05, 0.1) is 5.02 Å². The Hall–Kier alpha value is -2.70. The Balaban J connectivity index is 1.12. The molecule has 2 heterocycles. The minimum atomic E-state index is -0.104. The summed E-state index contributed by atoms with van der Waals surface area (Å²) in [7, 11) is 0. The zero-order valence-electron chi connectivity index (χ0n) is 19.2. The van der Waals surface area contributed by atoms with Crippen LogP contribution in [0.15, 0.2) is 42.5 Å². The number of carbonyl (C=O) groups excluding carboxylic acids is 1. The van der Waals surface area contributed by atoms with Crippen molar-refractivity contribution in [3.05, 3.63) is 58.6 Å². The molecule has 2 aliphatic heterocycles. The molecule has 1 saturated heterocycles. The number of aryl methyl sites for hydroxylation is 1. The third-order valence-electron chi connectivity index (χ3n) is 5.99. The summed E-state index contributed by atoms with van der Waals surface area (Å²) in [6.07, 6.45) is 5.32. The van der Waals surface area contributed by atoms with Gasteiger partial charge in [0.15, 0.2) is 11.5 Å². The summed E-state index contributed by atoms with van der Waals surface area (Å²) in [5.41, 5.74) is 3.44. The van der Waals surface area contributed by atoms with Gasteiger partial charge in [0.1, 0.15) is 13.2 Å². The molecule has 1 fully saturated rings.